The van der Waals surface area contributed by atoms with E-state index < -0.39 is 0 Å². The smallest absolute Gasteiger partial charge is 0.243 e. The van der Waals surface area contributed by atoms with Crippen LogP contribution in [0.25, 0.3) is 0 Å². The monoisotopic (exact) mass is 363 g/mol. The highest BCUT2D eigenvalue weighted by Gasteiger charge is 2.02. The zero-order valence-electron chi connectivity index (χ0n) is 12.5. The van der Waals surface area contributed by atoms with Gasteiger partial charge in [0.25, 0.3) is 0 Å². The van der Waals surface area contributed by atoms with Crippen LogP contribution in [0.2, 0.25) is 0 Å². The molecule has 20 heavy (non-hydrogen) atoms. The van der Waals surface area contributed by atoms with E-state index in [1.165, 1.54) is 51.4 Å². The van der Waals surface area contributed by atoms with Gasteiger partial charge in [-0.3, -0.25) is 0 Å². The summed E-state index contributed by atoms with van der Waals surface area (Å²) in [5.74, 6) is 0.902. The average molecular weight is 364 g/mol. The van der Waals surface area contributed by atoms with Crippen molar-refractivity contribution in [2.75, 3.05) is 12.3 Å². The molecule has 0 aromatic carbocycles. The van der Waals surface area contributed by atoms with Crippen LogP contribution in [0.4, 0.5) is 0 Å². The number of nitrogens with two attached hydrogens (primary N) is 1. The summed E-state index contributed by atoms with van der Waals surface area (Å²) in [6.07, 6.45) is 17.1. The van der Waals surface area contributed by atoms with E-state index in [9.17, 15) is 0 Å². The second kappa shape index (κ2) is 14.0. The Bertz CT molecular complexity index is 318. The fourth-order valence-corrected chi connectivity index (χ4v) is 2.55. The van der Waals surface area contributed by atoms with Crippen LogP contribution in [0.3, 0.4) is 0 Å². The van der Waals surface area contributed by atoms with E-state index in [0.717, 1.165) is 25.4 Å². The lowest BCUT2D eigenvalue weighted by atomic mass is 10.1. The third kappa shape index (κ3) is 9.83. The standard InChI is InChI=1S/C15H29N3S.BrH/c16-9-7-5-3-1-2-4-6-8-10-17-11-12-18(15-17)13-14-19;/h11-12,15H,1-10,13-14,16H2;1H. The summed E-state index contributed by atoms with van der Waals surface area (Å²) in [6, 6.07) is 0. The summed E-state index contributed by atoms with van der Waals surface area (Å²) in [5.41, 5.74) is 5.48. The van der Waals surface area contributed by atoms with Gasteiger partial charge in [0.15, 0.2) is 0 Å². The number of hydrogen-bond acceptors (Lipinski definition) is 2. The van der Waals surface area contributed by atoms with Crippen molar-refractivity contribution in [1.29, 1.82) is 0 Å². The minimum Gasteiger partial charge on any atom is -1.00 e. The van der Waals surface area contributed by atoms with Crippen molar-refractivity contribution >= 4 is 12.6 Å². The molecule has 118 valence electrons. The van der Waals surface area contributed by atoms with Crippen LogP contribution < -0.4 is 27.3 Å². The molecule has 1 aromatic heterocycles. The maximum atomic E-state index is 5.48. The molecular formula is C15H30BrN3S. The number of aryl methyl sites for hydroxylation is 2. The minimum absolute atomic E-state index is 0. The number of thiol groups is 1. The van der Waals surface area contributed by atoms with E-state index in [2.05, 4.69) is 40.5 Å². The van der Waals surface area contributed by atoms with Crippen LogP contribution in [0.5, 0.6) is 0 Å². The number of aromatic nitrogens is 2. The second-order valence-corrected chi connectivity index (χ2v) is 5.68. The van der Waals surface area contributed by atoms with E-state index in [1.807, 2.05) is 0 Å². The van der Waals surface area contributed by atoms with Gasteiger partial charge in [0.2, 0.25) is 6.33 Å². The molecule has 0 atom stereocenters. The van der Waals surface area contributed by atoms with Crippen LogP contribution in [0.1, 0.15) is 51.4 Å². The molecule has 3 nitrogen and oxygen atoms in total. The van der Waals surface area contributed by atoms with Crippen molar-refractivity contribution in [3.05, 3.63) is 18.7 Å². The Morgan fingerprint density at radius 2 is 1.55 bits per heavy atom. The third-order valence-corrected chi connectivity index (χ3v) is 3.67. The summed E-state index contributed by atoms with van der Waals surface area (Å²) in [7, 11) is 0. The topological polar surface area (TPSA) is 34.8 Å². The molecule has 0 saturated carbocycles. The first-order chi connectivity index (χ1) is 9.36. The largest absolute Gasteiger partial charge is 1.00 e. The molecule has 0 amide bonds. The number of nitrogens with zero attached hydrogens (tertiary/aromatic N) is 2. The summed E-state index contributed by atoms with van der Waals surface area (Å²) in [5, 5.41) is 0. The molecule has 0 radical (unpaired) electrons. The average Bonchev–Trinajstić information content (AvgIpc) is 2.85. The molecule has 0 bridgehead atoms. The molecule has 0 saturated heterocycles. The van der Waals surface area contributed by atoms with Gasteiger partial charge in [-0.15, -0.1) is 0 Å². The highest BCUT2D eigenvalue weighted by Crippen LogP contribution is 2.08. The number of hydrogen-bond donors (Lipinski definition) is 2. The Morgan fingerprint density at radius 1 is 0.950 bits per heavy atom. The normalized spacial score (nSPS) is 10.5. The van der Waals surface area contributed by atoms with Crippen molar-refractivity contribution in [2.45, 2.75) is 64.5 Å². The van der Waals surface area contributed by atoms with Gasteiger partial charge in [-0.25, -0.2) is 9.13 Å². The van der Waals surface area contributed by atoms with Crippen molar-refractivity contribution < 1.29 is 21.5 Å². The lowest BCUT2D eigenvalue weighted by Crippen LogP contribution is -3.00. The molecule has 2 N–H and O–H groups in total. The Hall–Kier alpha value is 0. The molecule has 0 unspecified atom stereocenters. The predicted octanol–water partition coefficient (Wildman–Crippen LogP) is -0.211. The molecule has 0 spiro atoms. The highest BCUT2D eigenvalue weighted by atomic mass is 79.9. The third-order valence-electron chi connectivity index (χ3n) is 3.47. The van der Waals surface area contributed by atoms with E-state index >= 15 is 0 Å². The molecule has 1 heterocycles. The van der Waals surface area contributed by atoms with Gasteiger partial charge in [0.05, 0.1) is 13.1 Å². The van der Waals surface area contributed by atoms with E-state index in [1.54, 1.807) is 0 Å². The molecule has 0 fully saturated rings. The van der Waals surface area contributed by atoms with Gasteiger partial charge >= 0.3 is 0 Å². The molecule has 1 rings (SSSR count). The van der Waals surface area contributed by atoms with Crippen molar-refractivity contribution in [3.63, 3.8) is 0 Å². The number of imidazole rings is 1. The first kappa shape index (κ1) is 20.0. The van der Waals surface area contributed by atoms with Crippen molar-refractivity contribution in [3.8, 4) is 0 Å². The van der Waals surface area contributed by atoms with Crippen LogP contribution in [0, 0.1) is 0 Å². The van der Waals surface area contributed by atoms with Gasteiger partial charge < -0.3 is 22.7 Å². The molecule has 0 aliphatic rings. The van der Waals surface area contributed by atoms with Gasteiger partial charge in [-0.2, -0.15) is 12.6 Å². The van der Waals surface area contributed by atoms with Crippen molar-refractivity contribution in [1.82, 2.24) is 4.57 Å². The quantitative estimate of drug-likeness (QED) is 0.301. The van der Waals surface area contributed by atoms with E-state index in [-0.39, 0.29) is 17.0 Å². The zero-order valence-corrected chi connectivity index (χ0v) is 15.0. The Balaban J connectivity index is 0.00000361. The summed E-state index contributed by atoms with van der Waals surface area (Å²) < 4.78 is 4.48. The van der Waals surface area contributed by atoms with Crippen LogP contribution in [0.15, 0.2) is 18.7 Å². The van der Waals surface area contributed by atoms with Gasteiger partial charge in [0, 0.05) is 5.75 Å². The van der Waals surface area contributed by atoms with Gasteiger partial charge in [0.1, 0.15) is 12.4 Å². The Labute approximate surface area is 140 Å². The second-order valence-electron chi connectivity index (χ2n) is 5.23. The maximum Gasteiger partial charge on any atom is 0.243 e. The fourth-order valence-electron chi connectivity index (χ4n) is 2.32. The lowest BCUT2D eigenvalue weighted by molar-refractivity contribution is -0.691. The predicted molar refractivity (Wildman–Crippen MR) is 84.5 cm³/mol. The zero-order chi connectivity index (χ0) is 13.8. The number of halogens is 1. The molecular weight excluding hydrogens is 334 g/mol. The Kier molecular flexibility index (Phi) is 14.0. The summed E-state index contributed by atoms with van der Waals surface area (Å²) >= 11 is 4.24. The first-order valence-electron chi connectivity index (χ1n) is 7.72. The van der Waals surface area contributed by atoms with Gasteiger partial charge in [-0.1, -0.05) is 32.1 Å². The Morgan fingerprint density at radius 3 is 2.15 bits per heavy atom. The molecule has 0 aliphatic heterocycles. The lowest BCUT2D eigenvalue weighted by Gasteiger charge is -2.01. The molecule has 1 aromatic rings. The van der Waals surface area contributed by atoms with Crippen molar-refractivity contribution in [2.24, 2.45) is 5.73 Å². The van der Waals surface area contributed by atoms with E-state index in [4.69, 9.17) is 5.73 Å². The fraction of sp³-hybridized carbons (Fsp3) is 0.800. The SMILES string of the molecule is NCCCCCCCCCCn1cc[n+](CCS)c1.[Br-]. The molecule has 0 aliphatic carbocycles. The van der Waals surface area contributed by atoms with Gasteiger partial charge in [-0.05, 0) is 25.8 Å². The number of rotatable bonds is 12. The van der Waals surface area contributed by atoms with Crippen LogP contribution in [-0.4, -0.2) is 16.9 Å². The first-order valence-corrected chi connectivity index (χ1v) is 8.36. The summed E-state index contributed by atoms with van der Waals surface area (Å²) in [6.45, 7) is 3.00. The highest BCUT2D eigenvalue weighted by molar-refractivity contribution is 7.80. The maximum absolute atomic E-state index is 5.48. The van der Waals surface area contributed by atoms with Crippen LogP contribution in [-0.2, 0) is 13.1 Å². The van der Waals surface area contributed by atoms with E-state index in [0.29, 0.717) is 0 Å². The number of unbranched alkanes of at least 4 members (excludes halogenated alkanes) is 7. The molecule has 5 heteroatoms. The summed E-state index contributed by atoms with van der Waals surface area (Å²) in [4.78, 5) is 0. The minimum atomic E-state index is 0. The van der Waals surface area contributed by atoms with Crippen LogP contribution >= 0.6 is 12.6 Å².